The quantitative estimate of drug-likeness (QED) is 0.848. The molecule has 0 fully saturated rings. The number of nitrogens with two attached hydrogens (primary N) is 1. The first-order valence-electron chi connectivity index (χ1n) is 5.08. The maximum atomic E-state index is 6.18. The topological polar surface area (TPSA) is 39.2 Å². The van der Waals surface area contributed by atoms with Gasteiger partial charge in [0.1, 0.15) is 11.3 Å². The van der Waals surface area contributed by atoms with E-state index in [1.165, 1.54) is 0 Å². The SMILES string of the molecule is CCc1c(CN)oc2c(C)ccc(Cl)c12. The molecule has 0 saturated carbocycles. The van der Waals surface area contributed by atoms with E-state index < -0.39 is 0 Å². The molecule has 15 heavy (non-hydrogen) atoms. The van der Waals surface area contributed by atoms with Gasteiger partial charge in [-0.3, -0.25) is 0 Å². The molecule has 2 rings (SSSR count). The Morgan fingerprint density at radius 1 is 1.40 bits per heavy atom. The molecule has 80 valence electrons. The molecule has 1 aromatic carbocycles. The Bertz CT molecular complexity index is 502. The number of rotatable bonds is 2. The summed E-state index contributed by atoms with van der Waals surface area (Å²) in [6.45, 7) is 4.53. The van der Waals surface area contributed by atoms with Crippen molar-refractivity contribution in [1.29, 1.82) is 0 Å². The van der Waals surface area contributed by atoms with Crippen LogP contribution in [-0.4, -0.2) is 0 Å². The first-order valence-corrected chi connectivity index (χ1v) is 5.46. The summed E-state index contributed by atoms with van der Waals surface area (Å²) in [6, 6.07) is 3.88. The van der Waals surface area contributed by atoms with Crippen LogP contribution in [0.5, 0.6) is 0 Å². The van der Waals surface area contributed by atoms with Crippen LogP contribution >= 0.6 is 11.6 Å². The fourth-order valence-corrected chi connectivity index (χ4v) is 2.20. The summed E-state index contributed by atoms with van der Waals surface area (Å²) in [6.07, 6.45) is 0.892. The molecular formula is C12H14ClNO. The molecule has 0 bridgehead atoms. The minimum Gasteiger partial charge on any atom is -0.459 e. The van der Waals surface area contributed by atoms with Crippen LogP contribution < -0.4 is 5.73 Å². The van der Waals surface area contributed by atoms with Gasteiger partial charge in [0.05, 0.1) is 11.6 Å². The van der Waals surface area contributed by atoms with E-state index in [2.05, 4.69) is 6.92 Å². The summed E-state index contributed by atoms with van der Waals surface area (Å²) in [5, 5.41) is 1.77. The minimum atomic E-state index is 0.424. The van der Waals surface area contributed by atoms with Crippen molar-refractivity contribution in [2.75, 3.05) is 0 Å². The highest BCUT2D eigenvalue weighted by Gasteiger charge is 2.15. The van der Waals surface area contributed by atoms with Gasteiger partial charge in [-0.1, -0.05) is 24.6 Å². The number of fused-ring (bicyclic) bond motifs is 1. The smallest absolute Gasteiger partial charge is 0.139 e. The summed E-state index contributed by atoms with van der Waals surface area (Å²) < 4.78 is 5.74. The molecule has 0 aliphatic carbocycles. The minimum absolute atomic E-state index is 0.424. The molecule has 0 aliphatic rings. The van der Waals surface area contributed by atoms with Gasteiger partial charge >= 0.3 is 0 Å². The lowest BCUT2D eigenvalue weighted by Gasteiger charge is -1.98. The maximum Gasteiger partial charge on any atom is 0.139 e. The van der Waals surface area contributed by atoms with Crippen LogP contribution in [-0.2, 0) is 13.0 Å². The van der Waals surface area contributed by atoms with Gasteiger partial charge in [0.2, 0.25) is 0 Å². The van der Waals surface area contributed by atoms with Crippen molar-refractivity contribution in [2.45, 2.75) is 26.8 Å². The predicted molar refractivity (Wildman–Crippen MR) is 63.2 cm³/mol. The molecule has 2 N–H and O–H groups in total. The molecule has 0 aliphatic heterocycles. The van der Waals surface area contributed by atoms with Crippen LogP contribution in [0.3, 0.4) is 0 Å². The highest BCUT2D eigenvalue weighted by molar-refractivity contribution is 6.35. The zero-order valence-corrected chi connectivity index (χ0v) is 9.69. The zero-order valence-electron chi connectivity index (χ0n) is 8.93. The number of halogens is 1. The third-order valence-electron chi connectivity index (χ3n) is 2.71. The summed E-state index contributed by atoms with van der Waals surface area (Å²) in [5.41, 5.74) is 8.77. The fourth-order valence-electron chi connectivity index (χ4n) is 1.94. The monoisotopic (exact) mass is 223 g/mol. The van der Waals surface area contributed by atoms with Crippen LogP contribution in [0.2, 0.25) is 5.02 Å². The Kier molecular flexibility index (Phi) is 2.72. The molecule has 0 radical (unpaired) electrons. The largest absolute Gasteiger partial charge is 0.459 e. The van der Waals surface area contributed by atoms with Crippen LogP contribution in [0.15, 0.2) is 16.5 Å². The van der Waals surface area contributed by atoms with E-state index in [9.17, 15) is 0 Å². The van der Waals surface area contributed by atoms with Crippen molar-refractivity contribution in [2.24, 2.45) is 5.73 Å². The van der Waals surface area contributed by atoms with E-state index in [1.807, 2.05) is 19.1 Å². The third-order valence-corrected chi connectivity index (χ3v) is 3.02. The highest BCUT2D eigenvalue weighted by atomic mass is 35.5. The predicted octanol–water partition coefficient (Wildman–Crippen LogP) is 3.42. The molecule has 0 unspecified atom stereocenters. The molecule has 0 saturated heterocycles. The molecule has 2 aromatic rings. The van der Waals surface area contributed by atoms with Crippen molar-refractivity contribution in [3.63, 3.8) is 0 Å². The molecule has 0 spiro atoms. The lowest BCUT2D eigenvalue weighted by Crippen LogP contribution is -1.97. The van der Waals surface area contributed by atoms with Gasteiger partial charge in [0.15, 0.2) is 0 Å². The first kappa shape index (κ1) is 10.5. The van der Waals surface area contributed by atoms with E-state index in [-0.39, 0.29) is 0 Å². The fraction of sp³-hybridized carbons (Fsp3) is 0.333. The van der Waals surface area contributed by atoms with Crippen molar-refractivity contribution < 1.29 is 4.42 Å². The maximum absolute atomic E-state index is 6.18. The van der Waals surface area contributed by atoms with Crippen LogP contribution in [0.1, 0.15) is 23.8 Å². The molecule has 1 aromatic heterocycles. The van der Waals surface area contributed by atoms with Crippen molar-refractivity contribution in [1.82, 2.24) is 0 Å². The molecule has 0 amide bonds. The lowest BCUT2D eigenvalue weighted by atomic mass is 10.1. The number of aryl methyl sites for hydroxylation is 2. The average molecular weight is 224 g/mol. The summed E-state index contributed by atoms with van der Waals surface area (Å²) >= 11 is 6.18. The Labute approximate surface area is 94.0 Å². The highest BCUT2D eigenvalue weighted by Crippen LogP contribution is 2.34. The second-order valence-corrected chi connectivity index (χ2v) is 4.04. The van der Waals surface area contributed by atoms with E-state index in [0.717, 1.165) is 39.3 Å². The van der Waals surface area contributed by atoms with E-state index in [4.69, 9.17) is 21.8 Å². The lowest BCUT2D eigenvalue weighted by molar-refractivity contribution is 0.544. The van der Waals surface area contributed by atoms with Gasteiger partial charge < -0.3 is 10.2 Å². The molecule has 3 heteroatoms. The van der Waals surface area contributed by atoms with Gasteiger partial charge in [-0.15, -0.1) is 0 Å². The van der Waals surface area contributed by atoms with Crippen molar-refractivity contribution >= 4 is 22.6 Å². The van der Waals surface area contributed by atoms with Gasteiger partial charge in [-0.2, -0.15) is 0 Å². The van der Waals surface area contributed by atoms with Gasteiger partial charge in [0.25, 0.3) is 0 Å². The summed E-state index contributed by atoms with van der Waals surface area (Å²) in [4.78, 5) is 0. The first-order chi connectivity index (χ1) is 7.19. The number of benzene rings is 1. The van der Waals surface area contributed by atoms with E-state index >= 15 is 0 Å². The van der Waals surface area contributed by atoms with E-state index in [1.54, 1.807) is 0 Å². The van der Waals surface area contributed by atoms with Gasteiger partial charge in [-0.25, -0.2) is 0 Å². The molecule has 0 atom stereocenters. The summed E-state index contributed by atoms with van der Waals surface area (Å²) in [5.74, 6) is 0.851. The van der Waals surface area contributed by atoms with Gasteiger partial charge in [0, 0.05) is 10.9 Å². The molecular weight excluding hydrogens is 210 g/mol. The Balaban J connectivity index is 2.87. The second-order valence-electron chi connectivity index (χ2n) is 3.63. The second kappa shape index (κ2) is 3.87. The Morgan fingerprint density at radius 3 is 2.73 bits per heavy atom. The van der Waals surface area contributed by atoms with Crippen molar-refractivity contribution in [3.05, 3.63) is 34.0 Å². The molecule has 1 heterocycles. The average Bonchev–Trinajstić information content (AvgIpc) is 2.63. The van der Waals surface area contributed by atoms with E-state index in [0.29, 0.717) is 6.54 Å². The zero-order chi connectivity index (χ0) is 11.0. The van der Waals surface area contributed by atoms with Crippen LogP contribution in [0, 0.1) is 6.92 Å². The third kappa shape index (κ3) is 1.54. The number of hydrogen-bond acceptors (Lipinski definition) is 2. The van der Waals surface area contributed by atoms with Gasteiger partial charge in [-0.05, 0) is 25.0 Å². The Hall–Kier alpha value is -0.990. The summed E-state index contributed by atoms with van der Waals surface area (Å²) in [7, 11) is 0. The van der Waals surface area contributed by atoms with Crippen molar-refractivity contribution in [3.8, 4) is 0 Å². The Morgan fingerprint density at radius 2 is 2.13 bits per heavy atom. The number of furan rings is 1. The standard InChI is InChI=1S/C12H14ClNO/c1-3-8-10(6-14)15-12-7(2)4-5-9(13)11(8)12/h4-5H,3,6,14H2,1-2H3. The number of hydrogen-bond donors (Lipinski definition) is 1. The van der Waals surface area contributed by atoms with Crippen LogP contribution in [0.25, 0.3) is 11.0 Å². The normalized spacial score (nSPS) is 11.2. The van der Waals surface area contributed by atoms with Crippen LogP contribution in [0.4, 0.5) is 0 Å². The molecule has 2 nitrogen and oxygen atoms in total.